The van der Waals surface area contributed by atoms with Gasteiger partial charge in [0.15, 0.2) is 0 Å². The molecule has 0 unspecified atom stereocenters. The average molecular weight is 407 g/mol. The fourth-order valence-corrected chi connectivity index (χ4v) is 3.54. The predicted molar refractivity (Wildman–Crippen MR) is 121 cm³/mol. The van der Waals surface area contributed by atoms with E-state index in [0.717, 1.165) is 23.1 Å². The number of anilines is 1. The Morgan fingerprint density at radius 2 is 1.77 bits per heavy atom. The summed E-state index contributed by atoms with van der Waals surface area (Å²) in [5, 5.41) is 9.33. The molecule has 0 radical (unpaired) electrons. The number of hydrogen-bond acceptors (Lipinski definition) is 5. The molecule has 31 heavy (non-hydrogen) atoms. The van der Waals surface area contributed by atoms with Gasteiger partial charge >= 0.3 is 0 Å². The number of nitrogens with zero attached hydrogens (tertiary/aromatic N) is 4. The largest absolute Gasteiger partial charge is 0.368 e. The first-order valence-corrected chi connectivity index (χ1v) is 9.94. The van der Waals surface area contributed by atoms with Gasteiger partial charge in [0, 0.05) is 29.9 Å². The minimum absolute atomic E-state index is 0.0699. The molecule has 4 rings (SSSR count). The van der Waals surface area contributed by atoms with Crippen LogP contribution < -0.4 is 11.3 Å². The second kappa shape index (κ2) is 8.64. The molecule has 4 aromatic rings. The summed E-state index contributed by atoms with van der Waals surface area (Å²) in [4.78, 5) is 21.1. The number of pyridine rings is 1. The summed E-state index contributed by atoms with van der Waals surface area (Å²) >= 11 is 0. The Kier molecular flexibility index (Phi) is 5.59. The summed E-state index contributed by atoms with van der Waals surface area (Å²) in [5.41, 5.74) is 11.4. The van der Waals surface area contributed by atoms with Crippen LogP contribution in [-0.4, -0.2) is 14.5 Å². The van der Waals surface area contributed by atoms with Crippen LogP contribution in [0.2, 0.25) is 0 Å². The van der Waals surface area contributed by atoms with Crippen LogP contribution in [0.4, 0.5) is 5.95 Å². The summed E-state index contributed by atoms with van der Waals surface area (Å²) in [6.07, 6.45) is 2.55. The zero-order valence-corrected chi connectivity index (χ0v) is 17.1. The SMILES string of the molecule is Cc1c(C#N)cccc1-c1cc(-c2ccc(=O)n(CCc3ccccc3)c2)nc(N)n1. The molecule has 2 aromatic carbocycles. The number of hydrogen-bond donors (Lipinski definition) is 1. The van der Waals surface area contributed by atoms with Gasteiger partial charge in [-0.2, -0.15) is 5.26 Å². The topological polar surface area (TPSA) is 97.6 Å². The van der Waals surface area contributed by atoms with Crippen molar-refractivity contribution in [3.8, 4) is 28.6 Å². The Morgan fingerprint density at radius 1 is 1.00 bits per heavy atom. The van der Waals surface area contributed by atoms with Crippen LogP contribution in [0.1, 0.15) is 16.7 Å². The lowest BCUT2D eigenvalue weighted by Gasteiger charge is -2.11. The smallest absolute Gasteiger partial charge is 0.250 e. The van der Waals surface area contributed by atoms with Gasteiger partial charge in [-0.3, -0.25) is 4.79 Å². The molecule has 2 heterocycles. The molecule has 152 valence electrons. The molecule has 0 amide bonds. The molecule has 2 aromatic heterocycles. The van der Waals surface area contributed by atoms with Crippen molar-refractivity contribution < 1.29 is 0 Å². The van der Waals surface area contributed by atoms with Gasteiger partial charge in [-0.1, -0.05) is 42.5 Å². The van der Waals surface area contributed by atoms with E-state index in [1.807, 2.05) is 55.5 Å². The second-order valence-electron chi connectivity index (χ2n) is 7.27. The third kappa shape index (κ3) is 4.36. The first-order valence-electron chi connectivity index (χ1n) is 9.94. The fraction of sp³-hybridized carbons (Fsp3) is 0.120. The van der Waals surface area contributed by atoms with Gasteiger partial charge in [0.2, 0.25) is 5.95 Å². The van der Waals surface area contributed by atoms with Crippen molar-refractivity contribution in [2.24, 2.45) is 0 Å². The van der Waals surface area contributed by atoms with Gasteiger partial charge in [0.1, 0.15) is 0 Å². The number of aryl methyl sites for hydroxylation is 2. The lowest BCUT2D eigenvalue weighted by atomic mass is 9.99. The third-order valence-electron chi connectivity index (χ3n) is 5.24. The van der Waals surface area contributed by atoms with Gasteiger partial charge in [-0.05, 0) is 42.7 Å². The van der Waals surface area contributed by atoms with E-state index in [1.54, 1.807) is 29.0 Å². The number of benzene rings is 2. The maximum Gasteiger partial charge on any atom is 0.250 e. The number of rotatable bonds is 5. The highest BCUT2D eigenvalue weighted by Crippen LogP contribution is 2.27. The Bertz CT molecular complexity index is 1340. The molecule has 0 aliphatic carbocycles. The predicted octanol–water partition coefficient (Wildman–Crippen LogP) is 3.98. The van der Waals surface area contributed by atoms with Crippen molar-refractivity contribution in [1.29, 1.82) is 5.26 Å². The van der Waals surface area contributed by atoms with Crippen LogP contribution in [-0.2, 0) is 13.0 Å². The molecule has 0 bridgehead atoms. The Labute approximate surface area is 180 Å². The first-order chi connectivity index (χ1) is 15.0. The highest BCUT2D eigenvalue weighted by molar-refractivity contribution is 5.72. The summed E-state index contributed by atoms with van der Waals surface area (Å²) in [6.45, 7) is 2.45. The summed E-state index contributed by atoms with van der Waals surface area (Å²) in [5.74, 6) is 0.135. The number of nitrogen functional groups attached to an aromatic ring is 1. The standard InChI is InChI=1S/C25H21N5O/c1-17-19(15-26)8-5-9-21(17)23-14-22(28-25(27)29-23)20-10-11-24(31)30(16-20)13-12-18-6-3-2-4-7-18/h2-11,14,16H,12-13H2,1H3,(H2,27,28,29). The van der Waals surface area contributed by atoms with Crippen LogP contribution in [0.25, 0.3) is 22.5 Å². The third-order valence-corrected chi connectivity index (χ3v) is 5.24. The quantitative estimate of drug-likeness (QED) is 0.540. The van der Waals surface area contributed by atoms with E-state index >= 15 is 0 Å². The Morgan fingerprint density at radius 3 is 2.55 bits per heavy atom. The van der Waals surface area contributed by atoms with Gasteiger partial charge in [0.25, 0.3) is 5.56 Å². The van der Waals surface area contributed by atoms with Crippen molar-refractivity contribution in [3.05, 3.63) is 100.0 Å². The highest BCUT2D eigenvalue weighted by Gasteiger charge is 2.12. The van der Waals surface area contributed by atoms with Crippen LogP contribution in [0, 0.1) is 18.3 Å². The number of aromatic nitrogens is 3. The van der Waals surface area contributed by atoms with Crippen molar-refractivity contribution in [2.75, 3.05) is 5.73 Å². The van der Waals surface area contributed by atoms with E-state index in [0.29, 0.717) is 23.5 Å². The highest BCUT2D eigenvalue weighted by atomic mass is 16.1. The lowest BCUT2D eigenvalue weighted by Crippen LogP contribution is -2.19. The van der Waals surface area contributed by atoms with Crippen molar-refractivity contribution in [2.45, 2.75) is 19.9 Å². The molecule has 0 spiro atoms. The normalized spacial score (nSPS) is 10.6. The minimum atomic E-state index is -0.0699. The summed E-state index contributed by atoms with van der Waals surface area (Å²) in [6, 6.07) is 22.9. The maximum absolute atomic E-state index is 12.4. The van der Waals surface area contributed by atoms with E-state index < -0.39 is 0 Å². The molecule has 6 heteroatoms. The van der Waals surface area contributed by atoms with E-state index in [9.17, 15) is 10.1 Å². The second-order valence-corrected chi connectivity index (χ2v) is 7.27. The molecule has 0 saturated heterocycles. The zero-order chi connectivity index (χ0) is 21.8. The first kappa shape index (κ1) is 20.0. The zero-order valence-electron chi connectivity index (χ0n) is 17.1. The molecule has 0 saturated carbocycles. The van der Waals surface area contributed by atoms with Crippen LogP contribution >= 0.6 is 0 Å². The lowest BCUT2D eigenvalue weighted by molar-refractivity contribution is 0.670. The number of nitriles is 1. The van der Waals surface area contributed by atoms with Gasteiger partial charge in [0.05, 0.1) is 23.0 Å². The molecular formula is C25H21N5O. The van der Waals surface area contributed by atoms with Crippen LogP contribution in [0.5, 0.6) is 0 Å². The van der Waals surface area contributed by atoms with Gasteiger partial charge in [-0.15, -0.1) is 0 Å². The number of nitrogens with two attached hydrogens (primary N) is 1. The molecule has 0 aliphatic heterocycles. The molecule has 0 fully saturated rings. The Hall–Kier alpha value is -4.24. The van der Waals surface area contributed by atoms with E-state index in [2.05, 4.69) is 16.0 Å². The van der Waals surface area contributed by atoms with Crippen LogP contribution in [0.15, 0.2) is 77.7 Å². The van der Waals surface area contributed by atoms with E-state index in [1.165, 1.54) is 5.56 Å². The average Bonchev–Trinajstić information content (AvgIpc) is 2.79. The monoisotopic (exact) mass is 407 g/mol. The van der Waals surface area contributed by atoms with Crippen molar-refractivity contribution in [3.63, 3.8) is 0 Å². The molecule has 0 aliphatic rings. The van der Waals surface area contributed by atoms with E-state index in [-0.39, 0.29) is 11.5 Å². The van der Waals surface area contributed by atoms with Crippen molar-refractivity contribution >= 4 is 5.95 Å². The fourth-order valence-electron chi connectivity index (χ4n) is 3.54. The van der Waals surface area contributed by atoms with Gasteiger partial charge in [-0.25, -0.2) is 9.97 Å². The maximum atomic E-state index is 12.4. The molecule has 2 N–H and O–H groups in total. The molecule has 6 nitrogen and oxygen atoms in total. The van der Waals surface area contributed by atoms with Crippen LogP contribution in [0.3, 0.4) is 0 Å². The molecule has 0 atom stereocenters. The Balaban J connectivity index is 1.70. The van der Waals surface area contributed by atoms with Crippen molar-refractivity contribution in [1.82, 2.24) is 14.5 Å². The van der Waals surface area contributed by atoms with E-state index in [4.69, 9.17) is 5.73 Å². The van der Waals surface area contributed by atoms with Gasteiger partial charge < -0.3 is 10.3 Å². The summed E-state index contributed by atoms with van der Waals surface area (Å²) < 4.78 is 1.68. The minimum Gasteiger partial charge on any atom is -0.368 e. The summed E-state index contributed by atoms with van der Waals surface area (Å²) in [7, 11) is 0. The molecular weight excluding hydrogens is 386 g/mol.